The smallest absolute Gasteiger partial charge is 0.139 e. The number of aryl methyl sites for hydroxylation is 1. The van der Waals surface area contributed by atoms with Crippen LogP contribution in [-0.4, -0.2) is 16.9 Å². The lowest BCUT2D eigenvalue weighted by Crippen LogP contribution is -1.97. The van der Waals surface area contributed by atoms with Crippen LogP contribution in [0.1, 0.15) is 0 Å². The summed E-state index contributed by atoms with van der Waals surface area (Å²) in [4.78, 5) is 0.986. The van der Waals surface area contributed by atoms with Crippen molar-refractivity contribution in [3.63, 3.8) is 0 Å². The van der Waals surface area contributed by atoms with Gasteiger partial charge in [-0.05, 0) is 29.1 Å². The Morgan fingerprint density at radius 2 is 2.14 bits per heavy atom. The van der Waals surface area contributed by atoms with Crippen molar-refractivity contribution in [3.05, 3.63) is 40.2 Å². The number of thiophene rings is 1. The molecule has 108 valence electrons. The minimum Gasteiger partial charge on any atom is -0.495 e. The second-order valence-corrected chi connectivity index (χ2v) is 6.39. The van der Waals surface area contributed by atoms with Crippen LogP contribution in [-0.2, 0) is 7.05 Å². The number of anilines is 1. The van der Waals surface area contributed by atoms with Gasteiger partial charge in [-0.1, -0.05) is 28.1 Å². The minimum absolute atomic E-state index is 0.638. The highest BCUT2D eigenvalue weighted by atomic mass is 79.9. The van der Waals surface area contributed by atoms with Gasteiger partial charge in [0, 0.05) is 11.5 Å². The van der Waals surface area contributed by atoms with E-state index < -0.39 is 0 Å². The molecule has 0 aliphatic heterocycles. The Labute approximate surface area is 135 Å². The maximum atomic E-state index is 6.23. The van der Waals surface area contributed by atoms with Crippen molar-refractivity contribution in [2.24, 2.45) is 7.05 Å². The number of benzene rings is 1. The number of nitrogen functional groups attached to an aromatic ring is 1. The summed E-state index contributed by atoms with van der Waals surface area (Å²) in [5, 5.41) is 6.56. The van der Waals surface area contributed by atoms with Crippen LogP contribution in [0.25, 0.3) is 21.7 Å². The van der Waals surface area contributed by atoms with Crippen molar-refractivity contribution in [2.45, 2.75) is 0 Å². The summed E-state index contributed by atoms with van der Waals surface area (Å²) in [6, 6.07) is 9.98. The predicted molar refractivity (Wildman–Crippen MR) is 90.6 cm³/mol. The van der Waals surface area contributed by atoms with Crippen LogP contribution in [0.15, 0.2) is 40.2 Å². The third-order valence-electron chi connectivity index (χ3n) is 3.27. The van der Waals surface area contributed by atoms with Gasteiger partial charge in [-0.3, -0.25) is 4.68 Å². The van der Waals surface area contributed by atoms with Crippen molar-refractivity contribution in [1.82, 2.24) is 9.78 Å². The van der Waals surface area contributed by atoms with E-state index >= 15 is 0 Å². The van der Waals surface area contributed by atoms with E-state index in [1.54, 1.807) is 23.1 Å². The van der Waals surface area contributed by atoms with Crippen molar-refractivity contribution in [2.75, 3.05) is 12.8 Å². The van der Waals surface area contributed by atoms with Gasteiger partial charge >= 0.3 is 0 Å². The number of ether oxygens (including phenoxy) is 1. The first kappa shape index (κ1) is 14.2. The fraction of sp³-hybridized carbons (Fsp3) is 0.133. The van der Waals surface area contributed by atoms with E-state index in [1.165, 1.54) is 0 Å². The predicted octanol–water partition coefficient (Wildman–Crippen LogP) is 4.17. The SMILES string of the molecule is COc1ccsc1-c1nn(C)c(N)c1-c1cccc(Br)c1. The Bertz CT molecular complexity index is 794. The largest absolute Gasteiger partial charge is 0.495 e. The highest BCUT2D eigenvalue weighted by molar-refractivity contribution is 9.10. The Balaban J connectivity index is 2.26. The summed E-state index contributed by atoms with van der Waals surface area (Å²) >= 11 is 5.10. The molecule has 0 aliphatic carbocycles. The van der Waals surface area contributed by atoms with Gasteiger partial charge < -0.3 is 10.5 Å². The summed E-state index contributed by atoms with van der Waals surface area (Å²) in [5.74, 6) is 1.45. The standard InChI is InChI=1S/C15H14BrN3OS/c1-19-15(17)12(9-4-3-5-10(16)8-9)13(18-19)14-11(20-2)6-7-21-14/h3-8H,17H2,1-2H3. The topological polar surface area (TPSA) is 53.1 Å². The first-order valence-corrected chi connectivity index (χ1v) is 7.99. The van der Waals surface area contributed by atoms with E-state index in [4.69, 9.17) is 10.5 Å². The molecule has 0 fully saturated rings. The molecular weight excluding hydrogens is 350 g/mol. The summed E-state index contributed by atoms with van der Waals surface area (Å²) in [6.07, 6.45) is 0. The van der Waals surface area contributed by atoms with Gasteiger partial charge in [-0.2, -0.15) is 5.10 Å². The van der Waals surface area contributed by atoms with E-state index in [2.05, 4.69) is 21.0 Å². The summed E-state index contributed by atoms with van der Waals surface area (Å²) in [7, 11) is 3.51. The molecule has 2 N–H and O–H groups in total. The molecule has 0 atom stereocenters. The van der Waals surface area contributed by atoms with Gasteiger partial charge in [0.15, 0.2) is 0 Å². The molecule has 1 aromatic carbocycles. The fourth-order valence-corrected chi connectivity index (χ4v) is 3.50. The van der Waals surface area contributed by atoms with Crippen LogP contribution < -0.4 is 10.5 Å². The van der Waals surface area contributed by atoms with Crippen LogP contribution >= 0.6 is 27.3 Å². The fourth-order valence-electron chi connectivity index (χ4n) is 2.26. The van der Waals surface area contributed by atoms with E-state index in [0.29, 0.717) is 5.82 Å². The van der Waals surface area contributed by atoms with Crippen LogP contribution in [0.5, 0.6) is 5.75 Å². The van der Waals surface area contributed by atoms with E-state index in [1.807, 2.05) is 42.8 Å². The molecule has 2 heterocycles. The zero-order valence-electron chi connectivity index (χ0n) is 11.6. The molecule has 2 aromatic heterocycles. The maximum absolute atomic E-state index is 6.23. The molecular formula is C15H14BrN3OS. The molecule has 0 radical (unpaired) electrons. The molecule has 21 heavy (non-hydrogen) atoms. The molecule has 3 aromatic rings. The van der Waals surface area contributed by atoms with Gasteiger partial charge in [0.05, 0.1) is 17.6 Å². The molecule has 6 heteroatoms. The number of aromatic nitrogens is 2. The third-order valence-corrected chi connectivity index (χ3v) is 4.66. The van der Waals surface area contributed by atoms with Gasteiger partial charge in [0.1, 0.15) is 17.3 Å². The number of hydrogen-bond donors (Lipinski definition) is 1. The lowest BCUT2D eigenvalue weighted by atomic mass is 10.0. The van der Waals surface area contributed by atoms with Gasteiger partial charge in [-0.25, -0.2) is 0 Å². The zero-order chi connectivity index (χ0) is 15.0. The monoisotopic (exact) mass is 363 g/mol. The highest BCUT2D eigenvalue weighted by Gasteiger charge is 2.21. The number of rotatable bonds is 3. The molecule has 0 saturated heterocycles. The van der Waals surface area contributed by atoms with Crippen LogP contribution in [0.2, 0.25) is 0 Å². The van der Waals surface area contributed by atoms with Crippen molar-refractivity contribution >= 4 is 33.1 Å². The molecule has 0 unspecified atom stereocenters. The summed E-state index contributed by atoms with van der Waals surface area (Å²) in [6.45, 7) is 0. The molecule has 0 spiro atoms. The molecule has 0 aliphatic rings. The van der Waals surface area contributed by atoms with E-state index in [-0.39, 0.29) is 0 Å². The van der Waals surface area contributed by atoms with Crippen LogP contribution in [0.4, 0.5) is 5.82 Å². The van der Waals surface area contributed by atoms with E-state index in [0.717, 1.165) is 31.9 Å². The van der Waals surface area contributed by atoms with E-state index in [9.17, 15) is 0 Å². The zero-order valence-corrected chi connectivity index (χ0v) is 14.0. The molecule has 0 saturated carbocycles. The first-order chi connectivity index (χ1) is 10.1. The average molecular weight is 364 g/mol. The molecule has 0 bridgehead atoms. The van der Waals surface area contributed by atoms with Gasteiger partial charge in [-0.15, -0.1) is 11.3 Å². The maximum Gasteiger partial charge on any atom is 0.139 e. The normalized spacial score (nSPS) is 10.8. The third kappa shape index (κ3) is 2.45. The number of hydrogen-bond acceptors (Lipinski definition) is 4. The minimum atomic E-state index is 0.638. The number of methoxy groups -OCH3 is 1. The number of nitrogens with two attached hydrogens (primary N) is 1. The first-order valence-electron chi connectivity index (χ1n) is 6.32. The Morgan fingerprint density at radius 3 is 2.86 bits per heavy atom. The lowest BCUT2D eigenvalue weighted by molar-refractivity contribution is 0.418. The van der Waals surface area contributed by atoms with Gasteiger partial charge in [0.2, 0.25) is 0 Å². The van der Waals surface area contributed by atoms with Crippen molar-refractivity contribution in [1.29, 1.82) is 0 Å². The Hall–Kier alpha value is -1.79. The van der Waals surface area contributed by atoms with Gasteiger partial charge in [0.25, 0.3) is 0 Å². The summed E-state index contributed by atoms with van der Waals surface area (Å²) in [5.41, 5.74) is 9.04. The summed E-state index contributed by atoms with van der Waals surface area (Å²) < 4.78 is 8.12. The molecule has 4 nitrogen and oxygen atoms in total. The van der Waals surface area contributed by atoms with Crippen LogP contribution in [0, 0.1) is 0 Å². The quantitative estimate of drug-likeness (QED) is 0.759. The lowest BCUT2D eigenvalue weighted by Gasteiger charge is -2.05. The highest BCUT2D eigenvalue weighted by Crippen LogP contribution is 2.42. The second kappa shape index (κ2) is 5.54. The number of halogens is 1. The molecule has 3 rings (SSSR count). The Morgan fingerprint density at radius 1 is 1.33 bits per heavy atom. The second-order valence-electron chi connectivity index (χ2n) is 4.56. The number of nitrogens with zero attached hydrogens (tertiary/aromatic N) is 2. The van der Waals surface area contributed by atoms with Crippen molar-refractivity contribution < 1.29 is 4.74 Å². The van der Waals surface area contributed by atoms with Crippen LogP contribution in [0.3, 0.4) is 0 Å². The van der Waals surface area contributed by atoms with Crippen molar-refractivity contribution in [3.8, 4) is 27.4 Å². The Kier molecular flexibility index (Phi) is 3.73. The average Bonchev–Trinajstić information content (AvgIpc) is 3.04. The molecule has 0 amide bonds.